The third-order valence-electron chi connectivity index (χ3n) is 9.81. The topological polar surface area (TPSA) is 65.6 Å². The number of nitrogens with zero attached hydrogens (tertiary/aromatic N) is 2. The van der Waals surface area contributed by atoms with Crippen LogP contribution in [0.25, 0.3) is 10.9 Å². The quantitative estimate of drug-likeness (QED) is 0.314. The van der Waals surface area contributed by atoms with E-state index in [0.29, 0.717) is 37.4 Å². The van der Waals surface area contributed by atoms with Crippen LogP contribution in [-0.4, -0.2) is 53.3 Å². The van der Waals surface area contributed by atoms with Crippen molar-refractivity contribution in [1.82, 2.24) is 14.8 Å². The maximum absolute atomic E-state index is 14.2. The summed E-state index contributed by atoms with van der Waals surface area (Å²) < 4.78 is 5.34. The number of nitrogens with one attached hydrogen (secondary N) is 1. The zero-order chi connectivity index (χ0) is 27.7. The third-order valence-corrected chi connectivity index (χ3v) is 9.81. The zero-order valence-electron chi connectivity index (χ0n) is 24.0. The summed E-state index contributed by atoms with van der Waals surface area (Å²) in [5.74, 6) is 3.20. The molecule has 4 aliphatic rings. The number of aromatic amines is 1. The molecule has 212 valence electrons. The summed E-state index contributed by atoms with van der Waals surface area (Å²) in [7, 11) is 1.66. The van der Waals surface area contributed by atoms with E-state index in [1.807, 2.05) is 40.1 Å². The number of para-hydroxylation sites is 1. The van der Waals surface area contributed by atoms with Crippen molar-refractivity contribution in [1.29, 1.82) is 0 Å². The van der Waals surface area contributed by atoms with E-state index in [1.165, 1.54) is 30.2 Å². The van der Waals surface area contributed by atoms with Crippen molar-refractivity contribution in [2.24, 2.45) is 23.2 Å². The van der Waals surface area contributed by atoms with Crippen LogP contribution < -0.4 is 4.74 Å². The molecule has 4 bridgehead atoms. The van der Waals surface area contributed by atoms with E-state index in [1.54, 1.807) is 7.11 Å². The van der Waals surface area contributed by atoms with Gasteiger partial charge in [0.2, 0.25) is 11.8 Å². The van der Waals surface area contributed by atoms with Gasteiger partial charge >= 0.3 is 0 Å². The summed E-state index contributed by atoms with van der Waals surface area (Å²) >= 11 is 0. The molecule has 0 unspecified atom stereocenters. The molecule has 1 heterocycles. The van der Waals surface area contributed by atoms with Crippen LogP contribution in [0.4, 0.5) is 0 Å². The van der Waals surface area contributed by atoms with E-state index < -0.39 is 0 Å². The third kappa shape index (κ3) is 5.37. The molecule has 0 aliphatic heterocycles. The second-order valence-electron chi connectivity index (χ2n) is 12.7. The first kappa shape index (κ1) is 26.9. The van der Waals surface area contributed by atoms with Crippen molar-refractivity contribution in [3.05, 3.63) is 65.9 Å². The second kappa shape index (κ2) is 11.3. The van der Waals surface area contributed by atoms with Crippen molar-refractivity contribution < 1.29 is 14.3 Å². The average Bonchev–Trinajstić information content (AvgIpc) is 3.37. The van der Waals surface area contributed by atoms with Gasteiger partial charge in [-0.25, -0.2) is 0 Å². The molecule has 2 amide bonds. The van der Waals surface area contributed by atoms with E-state index in [-0.39, 0.29) is 23.8 Å². The SMILES string of the molecule is CCCN(CC(=O)N(CCc1c[nH]c2ccccc12)Cc1ccc(OC)cc1)C(=O)C12CC3CC(CC(C3)C1)C2. The highest BCUT2D eigenvalue weighted by atomic mass is 16.5. The largest absolute Gasteiger partial charge is 0.497 e. The first-order valence-corrected chi connectivity index (χ1v) is 15.2. The normalized spacial score (nSPS) is 24.8. The Hall–Kier alpha value is -3.28. The first-order valence-electron chi connectivity index (χ1n) is 15.2. The number of aromatic nitrogens is 1. The lowest BCUT2D eigenvalue weighted by atomic mass is 9.49. The van der Waals surface area contributed by atoms with Gasteiger partial charge in [-0.15, -0.1) is 0 Å². The van der Waals surface area contributed by atoms with Crippen molar-refractivity contribution in [2.45, 2.75) is 64.8 Å². The van der Waals surface area contributed by atoms with Gasteiger partial charge < -0.3 is 19.5 Å². The predicted molar refractivity (Wildman–Crippen MR) is 158 cm³/mol. The maximum atomic E-state index is 14.2. The molecule has 0 radical (unpaired) electrons. The number of amides is 2. The highest BCUT2D eigenvalue weighted by Crippen LogP contribution is 2.60. The Morgan fingerprint density at radius 3 is 2.25 bits per heavy atom. The fourth-order valence-electron chi connectivity index (χ4n) is 8.33. The molecule has 4 fully saturated rings. The zero-order valence-corrected chi connectivity index (χ0v) is 24.0. The molecule has 0 saturated heterocycles. The molecule has 1 aromatic heterocycles. The molecule has 1 N–H and O–H groups in total. The van der Waals surface area contributed by atoms with Crippen molar-refractivity contribution in [3.63, 3.8) is 0 Å². The number of carbonyl (C=O) groups is 2. The lowest BCUT2D eigenvalue weighted by Gasteiger charge is -2.56. The molecular formula is C34H43N3O3. The summed E-state index contributed by atoms with van der Waals surface area (Å²) in [4.78, 5) is 35.4. The van der Waals surface area contributed by atoms with Gasteiger partial charge in [0.25, 0.3) is 0 Å². The highest BCUT2D eigenvalue weighted by Gasteiger charge is 2.55. The summed E-state index contributed by atoms with van der Waals surface area (Å²) in [6.07, 6.45) is 10.7. The van der Waals surface area contributed by atoms with Gasteiger partial charge in [-0.3, -0.25) is 9.59 Å². The molecule has 4 saturated carbocycles. The van der Waals surface area contributed by atoms with Gasteiger partial charge in [0.1, 0.15) is 5.75 Å². The van der Waals surface area contributed by atoms with E-state index in [2.05, 4.69) is 36.3 Å². The van der Waals surface area contributed by atoms with Gasteiger partial charge in [0.05, 0.1) is 19.1 Å². The number of ether oxygens (including phenoxy) is 1. The summed E-state index contributed by atoms with van der Waals surface area (Å²) in [5, 5.41) is 1.20. The van der Waals surface area contributed by atoms with E-state index in [9.17, 15) is 9.59 Å². The molecule has 6 heteroatoms. The lowest BCUT2D eigenvalue weighted by molar-refractivity contribution is -0.160. The number of fused-ring (bicyclic) bond motifs is 1. The lowest BCUT2D eigenvalue weighted by Crippen LogP contribution is -2.56. The molecule has 0 atom stereocenters. The fraction of sp³-hybridized carbons (Fsp3) is 0.529. The Morgan fingerprint density at radius 2 is 1.60 bits per heavy atom. The Balaban J connectivity index is 1.20. The van der Waals surface area contributed by atoms with Crippen LogP contribution in [0.1, 0.15) is 63.0 Å². The van der Waals surface area contributed by atoms with Crippen LogP contribution in [0.3, 0.4) is 0 Å². The van der Waals surface area contributed by atoms with Gasteiger partial charge in [-0.2, -0.15) is 0 Å². The van der Waals surface area contributed by atoms with E-state index >= 15 is 0 Å². The Kier molecular flexibility index (Phi) is 7.61. The van der Waals surface area contributed by atoms with Crippen molar-refractivity contribution >= 4 is 22.7 Å². The van der Waals surface area contributed by atoms with Crippen LogP contribution in [0.2, 0.25) is 0 Å². The first-order chi connectivity index (χ1) is 19.5. The van der Waals surface area contributed by atoms with Gasteiger partial charge in [-0.1, -0.05) is 37.3 Å². The molecule has 7 rings (SSSR count). The molecule has 2 aromatic carbocycles. The summed E-state index contributed by atoms with van der Waals surface area (Å²) in [6, 6.07) is 16.2. The Bertz CT molecular complexity index is 1310. The van der Waals surface area contributed by atoms with Gasteiger partial charge in [-0.05, 0) is 98.4 Å². The number of benzene rings is 2. The maximum Gasteiger partial charge on any atom is 0.242 e. The van der Waals surface area contributed by atoms with Gasteiger partial charge in [0.15, 0.2) is 0 Å². The standard InChI is InChI=1S/C34H43N3O3/c1-3-13-37(33(39)34-18-25-15-26(19-34)17-27(16-25)20-34)23-32(38)36(22-24-8-10-29(40-2)11-9-24)14-12-28-21-35-31-7-5-4-6-30(28)31/h4-11,21,25-27,35H,3,12-20,22-23H2,1-2H3. The Morgan fingerprint density at radius 1 is 0.925 bits per heavy atom. The molecular weight excluding hydrogens is 498 g/mol. The predicted octanol–water partition coefficient (Wildman–Crippen LogP) is 6.20. The number of rotatable bonds is 11. The monoisotopic (exact) mass is 541 g/mol. The number of methoxy groups -OCH3 is 1. The number of carbonyl (C=O) groups excluding carboxylic acids is 2. The van der Waals surface area contributed by atoms with Crippen LogP contribution in [0, 0.1) is 23.2 Å². The molecule has 6 nitrogen and oxygen atoms in total. The average molecular weight is 542 g/mol. The minimum absolute atomic E-state index is 0.0298. The number of hydrogen-bond acceptors (Lipinski definition) is 3. The van der Waals surface area contributed by atoms with Crippen LogP contribution in [-0.2, 0) is 22.6 Å². The van der Waals surface area contributed by atoms with Crippen LogP contribution in [0.15, 0.2) is 54.7 Å². The molecule has 4 aliphatic carbocycles. The summed E-state index contributed by atoms with van der Waals surface area (Å²) in [5.41, 5.74) is 3.15. The minimum atomic E-state index is -0.227. The van der Waals surface area contributed by atoms with E-state index in [0.717, 1.165) is 48.9 Å². The Labute approximate surface area is 238 Å². The highest BCUT2D eigenvalue weighted by molar-refractivity contribution is 5.88. The molecule has 0 spiro atoms. The van der Waals surface area contributed by atoms with Crippen LogP contribution in [0.5, 0.6) is 5.75 Å². The van der Waals surface area contributed by atoms with Crippen molar-refractivity contribution in [3.8, 4) is 5.75 Å². The van der Waals surface area contributed by atoms with Crippen molar-refractivity contribution in [2.75, 3.05) is 26.7 Å². The molecule has 3 aromatic rings. The second-order valence-corrected chi connectivity index (χ2v) is 12.7. The van der Waals surface area contributed by atoms with E-state index in [4.69, 9.17) is 4.74 Å². The fourth-order valence-corrected chi connectivity index (χ4v) is 8.33. The minimum Gasteiger partial charge on any atom is -0.497 e. The summed E-state index contributed by atoms with van der Waals surface area (Å²) in [6.45, 7) is 4.02. The number of H-pyrrole nitrogens is 1. The number of hydrogen-bond donors (Lipinski definition) is 1. The van der Waals surface area contributed by atoms with Crippen LogP contribution >= 0.6 is 0 Å². The smallest absolute Gasteiger partial charge is 0.242 e. The van der Waals surface area contributed by atoms with Gasteiger partial charge in [0, 0.05) is 36.7 Å². The molecule has 40 heavy (non-hydrogen) atoms.